The molecule has 23 heavy (non-hydrogen) atoms. The Morgan fingerprint density at radius 3 is 2.39 bits per heavy atom. The van der Waals surface area contributed by atoms with Crippen LogP contribution in [-0.4, -0.2) is 24.0 Å². The maximum absolute atomic E-state index is 12.7. The summed E-state index contributed by atoms with van der Waals surface area (Å²) in [5, 5.41) is 0. The van der Waals surface area contributed by atoms with Gasteiger partial charge < -0.3 is 9.64 Å². The van der Waals surface area contributed by atoms with E-state index in [0.717, 1.165) is 11.3 Å². The average molecular weight is 309 g/mol. The molecule has 0 bridgehead atoms. The second-order valence-corrected chi connectivity index (χ2v) is 6.03. The lowest BCUT2D eigenvalue weighted by molar-refractivity contribution is -0.132. The van der Waals surface area contributed by atoms with Gasteiger partial charge in [-0.1, -0.05) is 35.9 Å². The molecule has 0 unspecified atom stereocenters. The highest BCUT2D eigenvalue weighted by Gasteiger charge is 2.46. The van der Waals surface area contributed by atoms with E-state index in [-0.39, 0.29) is 5.91 Å². The number of rotatable bonds is 3. The van der Waals surface area contributed by atoms with Crippen molar-refractivity contribution in [1.29, 1.82) is 0 Å². The Morgan fingerprint density at radius 1 is 1.09 bits per heavy atom. The van der Waals surface area contributed by atoms with E-state index >= 15 is 0 Å². The Balaban J connectivity index is 1.77. The first kappa shape index (κ1) is 15.3. The van der Waals surface area contributed by atoms with Gasteiger partial charge in [-0.2, -0.15) is 0 Å². The van der Waals surface area contributed by atoms with Crippen molar-refractivity contribution >= 4 is 17.6 Å². The van der Waals surface area contributed by atoms with Gasteiger partial charge in [-0.25, -0.2) is 4.79 Å². The molecule has 1 amide bonds. The molecule has 1 atom stereocenters. The molecule has 4 nitrogen and oxygen atoms in total. The number of esters is 1. The first-order valence-electron chi connectivity index (χ1n) is 7.67. The molecule has 1 heterocycles. The average Bonchev–Trinajstić information content (AvgIpc) is 2.85. The monoisotopic (exact) mass is 309 g/mol. The molecule has 1 aliphatic rings. The van der Waals surface area contributed by atoms with Crippen LogP contribution in [0.1, 0.15) is 29.3 Å². The van der Waals surface area contributed by atoms with Crippen LogP contribution in [-0.2, 0) is 9.53 Å². The number of amides is 1. The zero-order valence-corrected chi connectivity index (χ0v) is 13.3. The van der Waals surface area contributed by atoms with Gasteiger partial charge >= 0.3 is 5.97 Å². The zero-order chi connectivity index (χ0) is 16.4. The number of nitrogens with zero attached hydrogens (tertiary/aromatic N) is 1. The first-order valence-corrected chi connectivity index (χ1v) is 7.67. The number of carbonyl (C=O) groups excluding carboxylic acids is 2. The SMILES string of the molecule is Cc1ccc(N2CC[C@@](C)(OC(=O)c3ccccc3)C2=O)cc1. The van der Waals surface area contributed by atoms with Crippen LogP contribution in [0.3, 0.4) is 0 Å². The largest absolute Gasteiger partial charge is 0.446 e. The second kappa shape index (κ2) is 5.88. The maximum Gasteiger partial charge on any atom is 0.339 e. The minimum atomic E-state index is -1.11. The van der Waals surface area contributed by atoms with Crippen molar-refractivity contribution < 1.29 is 14.3 Å². The molecule has 0 aliphatic carbocycles. The van der Waals surface area contributed by atoms with Crippen LogP contribution in [0.2, 0.25) is 0 Å². The van der Waals surface area contributed by atoms with Crippen molar-refractivity contribution in [3.8, 4) is 0 Å². The standard InChI is InChI=1S/C19H19NO3/c1-14-8-10-16(11-9-14)20-13-12-19(2,18(20)22)23-17(21)15-6-4-3-5-7-15/h3-11H,12-13H2,1-2H3/t19-/m1/s1. The van der Waals surface area contributed by atoms with Crippen molar-refractivity contribution in [2.24, 2.45) is 0 Å². The van der Waals surface area contributed by atoms with Crippen molar-refractivity contribution in [2.75, 3.05) is 11.4 Å². The Bertz CT molecular complexity index is 724. The fourth-order valence-corrected chi connectivity index (χ4v) is 2.72. The van der Waals surface area contributed by atoms with Crippen LogP contribution in [0.25, 0.3) is 0 Å². The van der Waals surface area contributed by atoms with Gasteiger partial charge in [0.05, 0.1) is 5.56 Å². The maximum atomic E-state index is 12.7. The highest BCUT2D eigenvalue weighted by atomic mass is 16.6. The van der Waals surface area contributed by atoms with E-state index in [2.05, 4.69) is 0 Å². The molecule has 2 aromatic rings. The van der Waals surface area contributed by atoms with E-state index in [0.29, 0.717) is 18.5 Å². The van der Waals surface area contributed by atoms with Gasteiger partial charge in [-0.3, -0.25) is 4.79 Å². The second-order valence-electron chi connectivity index (χ2n) is 6.03. The lowest BCUT2D eigenvalue weighted by atomic mass is 10.1. The summed E-state index contributed by atoms with van der Waals surface area (Å²) in [7, 11) is 0. The van der Waals surface area contributed by atoms with E-state index in [1.807, 2.05) is 37.3 Å². The molecule has 0 spiro atoms. The van der Waals surface area contributed by atoms with Gasteiger partial charge in [0.15, 0.2) is 5.60 Å². The summed E-state index contributed by atoms with van der Waals surface area (Å²) >= 11 is 0. The molecular weight excluding hydrogens is 290 g/mol. The molecule has 118 valence electrons. The summed E-state index contributed by atoms with van der Waals surface area (Å²) in [4.78, 5) is 26.7. The van der Waals surface area contributed by atoms with Gasteiger partial charge in [0.25, 0.3) is 5.91 Å². The molecule has 0 N–H and O–H groups in total. The third-order valence-corrected chi connectivity index (χ3v) is 4.18. The molecular formula is C19H19NO3. The molecule has 0 aromatic heterocycles. The highest BCUT2D eigenvalue weighted by Crippen LogP contribution is 2.31. The van der Waals surface area contributed by atoms with Crippen molar-refractivity contribution in [2.45, 2.75) is 25.9 Å². The fourth-order valence-electron chi connectivity index (χ4n) is 2.72. The number of hydrogen-bond acceptors (Lipinski definition) is 3. The number of aryl methyl sites for hydroxylation is 1. The minimum absolute atomic E-state index is 0.175. The van der Waals surface area contributed by atoms with E-state index in [1.54, 1.807) is 36.1 Å². The van der Waals surface area contributed by atoms with E-state index in [4.69, 9.17) is 4.74 Å². The van der Waals surface area contributed by atoms with E-state index in [9.17, 15) is 9.59 Å². The van der Waals surface area contributed by atoms with Gasteiger partial charge in [0.1, 0.15) is 0 Å². The van der Waals surface area contributed by atoms with Crippen LogP contribution in [0.5, 0.6) is 0 Å². The molecule has 0 saturated carbocycles. The van der Waals surface area contributed by atoms with Gasteiger partial charge in [0.2, 0.25) is 0 Å². The van der Waals surface area contributed by atoms with Gasteiger partial charge in [0, 0.05) is 18.7 Å². The van der Waals surface area contributed by atoms with Crippen LogP contribution >= 0.6 is 0 Å². The van der Waals surface area contributed by atoms with E-state index in [1.165, 1.54) is 0 Å². The molecule has 4 heteroatoms. The predicted octanol–water partition coefficient (Wildman–Crippen LogP) is 3.35. The minimum Gasteiger partial charge on any atom is -0.446 e. The Morgan fingerprint density at radius 2 is 1.74 bits per heavy atom. The number of ether oxygens (including phenoxy) is 1. The lowest BCUT2D eigenvalue weighted by Crippen LogP contribution is -2.41. The molecule has 1 saturated heterocycles. The van der Waals surface area contributed by atoms with Crippen LogP contribution < -0.4 is 4.90 Å². The topological polar surface area (TPSA) is 46.6 Å². The number of anilines is 1. The smallest absolute Gasteiger partial charge is 0.339 e. The normalized spacial score (nSPS) is 20.6. The Kier molecular flexibility index (Phi) is 3.90. The lowest BCUT2D eigenvalue weighted by Gasteiger charge is -2.24. The number of carbonyl (C=O) groups is 2. The molecule has 0 radical (unpaired) electrons. The number of benzene rings is 2. The zero-order valence-electron chi connectivity index (χ0n) is 13.3. The Labute approximate surface area is 135 Å². The van der Waals surface area contributed by atoms with Gasteiger partial charge in [-0.05, 0) is 38.1 Å². The third-order valence-electron chi connectivity index (χ3n) is 4.18. The fraction of sp³-hybridized carbons (Fsp3) is 0.263. The summed E-state index contributed by atoms with van der Waals surface area (Å²) < 4.78 is 5.54. The summed E-state index contributed by atoms with van der Waals surface area (Å²) in [6.45, 7) is 4.23. The molecule has 1 aliphatic heterocycles. The van der Waals surface area contributed by atoms with Crippen molar-refractivity contribution in [1.82, 2.24) is 0 Å². The summed E-state index contributed by atoms with van der Waals surface area (Å²) in [6, 6.07) is 16.5. The third kappa shape index (κ3) is 2.97. The van der Waals surface area contributed by atoms with Crippen LogP contribution in [0, 0.1) is 6.92 Å². The quantitative estimate of drug-likeness (QED) is 0.817. The van der Waals surface area contributed by atoms with Crippen LogP contribution in [0.15, 0.2) is 54.6 Å². The molecule has 1 fully saturated rings. The summed E-state index contributed by atoms with van der Waals surface area (Å²) in [6.07, 6.45) is 0.484. The first-order chi connectivity index (χ1) is 11.0. The summed E-state index contributed by atoms with van der Waals surface area (Å²) in [5.74, 6) is -0.641. The van der Waals surface area contributed by atoms with Crippen molar-refractivity contribution in [3.05, 3.63) is 65.7 Å². The van der Waals surface area contributed by atoms with Crippen molar-refractivity contribution in [3.63, 3.8) is 0 Å². The molecule has 3 rings (SSSR count). The van der Waals surface area contributed by atoms with E-state index < -0.39 is 11.6 Å². The molecule has 2 aromatic carbocycles. The Hall–Kier alpha value is -2.62. The van der Waals surface area contributed by atoms with Gasteiger partial charge in [-0.15, -0.1) is 0 Å². The summed E-state index contributed by atoms with van der Waals surface area (Å²) in [5.41, 5.74) is 1.31. The predicted molar refractivity (Wildman–Crippen MR) is 88.4 cm³/mol. The highest BCUT2D eigenvalue weighted by molar-refractivity contribution is 6.03. The number of hydrogen-bond donors (Lipinski definition) is 0. The van der Waals surface area contributed by atoms with Crippen LogP contribution in [0.4, 0.5) is 5.69 Å².